The van der Waals surface area contributed by atoms with E-state index in [1.54, 1.807) is 6.92 Å². The van der Waals surface area contributed by atoms with Crippen LogP contribution in [0.1, 0.15) is 12.5 Å². The van der Waals surface area contributed by atoms with Crippen LogP contribution in [-0.2, 0) is 14.3 Å². The summed E-state index contributed by atoms with van der Waals surface area (Å²) in [5, 5.41) is 25.1. The van der Waals surface area contributed by atoms with Crippen LogP contribution in [0.25, 0.3) is 0 Å². The van der Waals surface area contributed by atoms with Gasteiger partial charge >= 0.3 is 11.8 Å². The number of hydrogen-bond donors (Lipinski definition) is 3. The van der Waals surface area contributed by atoms with Gasteiger partial charge in [0.25, 0.3) is 5.69 Å². The van der Waals surface area contributed by atoms with Gasteiger partial charge in [-0.1, -0.05) is 6.07 Å². The molecule has 0 saturated heterocycles. The Morgan fingerprint density at radius 2 is 2.04 bits per heavy atom. The number of aliphatic hydroxyl groups is 1. The number of methoxy groups -OCH3 is 1. The Kier molecular flexibility index (Phi) is 6.17. The molecule has 0 radical (unpaired) electrons. The highest BCUT2D eigenvalue weighted by Gasteiger charge is 2.23. The van der Waals surface area contributed by atoms with Crippen molar-refractivity contribution in [2.45, 2.75) is 19.4 Å². The molecule has 0 unspecified atom stereocenters. The average Bonchev–Trinajstić information content (AvgIpc) is 2.46. The zero-order chi connectivity index (χ0) is 17.6. The zero-order valence-electron chi connectivity index (χ0n) is 13.1. The van der Waals surface area contributed by atoms with Crippen molar-refractivity contribution in [1.29, 1.82) is 0 Å². The van der Waals surface area contributed by atoms with Crippen LogP contribution in [-0.4, -0.2) is 47.7 Å². The average molecular weight is 325 g/mol. The van der Waals surface area contributed by atoms with Gasteiger partial charge in [0.15, 0.2) is 0 Å². The first-order valence-corrected chi connectivity index (χ1v) is 6.72. The largest absolute Gasteiger partial charge is 0.386 e. The normalized spacial score (nSPS) is 13.0. The smallest absolute Gasteiger partial charge is 0.313 e. The Hall–Kier alpha value is -2.52. The molecule has 0 aliphatic heterocycles. The first-order chi connectivity index (χ1) is 10.7. The van der Waals surface area contributed by atoms with Crippen LogP contribution in [0, 0.1) is 17.0 Å². The molecule has 0 aromatic heterocycles. The molecule has 9 heteroatoms. The van der Waals surface area contributed by atoms with Gasteiger partial charge in [0.1, 0.15) is 5.60 Å². The molecule has 3 N–H and O–H groups in total. The highest BCUT2D eigenvalue weighted by molar-refractivity contribution is 6.39. The van der Waals surface area contributed by atoms with Crippen molar-refractivity contribution in [1.82, 2.24) is 5.32 Å². The molecule has 0 aliphatic rings. The number of nitro groups is 1. The number of amides is 2. The Morgan fingerprint density at radius 3 is 2.61 bits per heavy atom. The molecule has 23 heavy (non-hydrogen) atoms. The van der Waals surface area contributed by atoms with Crippen LogP contribution in [0.5, 0.6) is 0 Å². The number of carbonyl (C=O) groups is 2. The molecular formula is C14H19N3O6. The molecule has 0 bridgehead atoms. The van der Waals surface area contributed by atoms with Crippen LogP contribution in [0.2, 0.25) is 0 Å². The summed E-state index contributed by atoms with van der Waals surface area (Å²) < 4.78 is 4.78. The number of anilines is 1. The van der Waals surface area contributed by atoms with Gasteiger partial charge in [-0.05, 0) is 19.4 Å². The van der Waals surface area contributed by atoms with Crippen molar-refractivity contribution in [2.24, 2.45) is 0 Å². The molecule has 0 saturated carbocycles. The molecule has 1 aromatic carbocycles. The van der Waals surface area contributed by atoms with E-state index in [1.165, 1.54) is 32.2 Å². The quantitative estimate of drug-likeness (QED) is 0.393. The fourth-order valence-corrected chi connectivity index (χ4v) is 1.75. The molecule has 0 aliphatic carbocycles. The van der Waals surface area contributed by atoms with E-state index in [0.29, 0.717) is 5.56 Å². The SMILES string of the molecule is COC[C@](C)(O)CNC(=O)C(=O)Nc1cc([N+](=O)[O-])ccc1C. The van der Waals surface area contributed by atoms with E-state index < -0.39 is 22.3 Å². The molecule has 0 heterocycles. The Balaban J connectivity index is 2.70. The minimum Gasteiger partial charge on any atom is -0.386 e. The first kappa shape index (κ1) is 18.5. The van der Waals surface area contributed by atoms with Gasteiger partial charge in [-0.2, -0.15) is 0 Å². The number of non-ortho nitro benzene ring substituents is 1. The molecule has 1 aromatic rings. The lowest BCUT2D eigenvalue weighted by atomic mass is 10.1. The van der Waals surface area contributed by atoms with Gasteiger partial charge < -0.3 is 20.5 Å². The van der Waals surface area contributed by atoms with E-state index in [-0.39, 0.29) is 24.5 Å². The maximum atomic E-state index is 11.8. The summed E-state index contributed by atoms with van der Waals surface area (Å²) in [4.78, 5) is 33.7. The summed E-state index contributed by atoms with van der Waals surface area (Å²) in [7, 11) is 1.40. The summed E-state index contributed by atoms with van der Waals surface area (Å²) in [6, 6.07) is 3.93. The summed E-state index contributed by atoms with van der Waals surface area (Å²) in [5.74, 6) is -1.95. The van der Waals surface area contributed by atoms with E-state index in [0.717, 1.165) is 0 Å². The Bertz CT molecular complexity index is 615. The highest BCUT2D eigenvalue weighted by atomic mass is 16.6. The van der Waals surface area contributed by atoms with Crippen molar-refractivity contribution in [3.05, 3.63) is 33.9 Å². The fourth-order valence-electron chi connectivity index (χ4n) is 1.75. The Labute approximate surface area is 132 Å². The molecule has 2 amide bonds. The summed E-state index contributed by atoms with van der Waals surface area (Å²) in [6.07, 6.45) is 0. The number of hydrogen-bond acceptors (Lipinski definition) is 6. The Morgan fingerprint density at radius 1 is 1.39 bits per heavy atom. The predicted molar refractivity (Wildman–Crippen MR) is 82.0 cm³/mol. The minimum atomic E-state index is -1.31. The molecular weight excluding hydrogens is 306 g/mol. The van der Waals surface area contributed by atoms with Crippen LogP contribution in [0.4, 0.5) is 11.4 Å². The third-order valence-corrected chi connectivity index (χ3v) is 2.97. The number of nitrogens with zero attached hydrogens (tertiary/aromatic N) is 1. The predicted octanol–water partition coefficient (Wildman–Crippen LogP) is 0.355. The maximum Gasteiger partial charge on any atom is 0.313 e. The number of carbonyl (C=O) groups excluding carboxylic acids is 2. The summed E-state index contributed by atoms with van der Waals surface area (Å²) >= 11 is 0. The van der Waals surface area contributed by atoms with Crippen LogP contribution >= 0.6 is 0 Å². The third kappa shape index (κ3) is 5.64. The number of rotatable bonds is 6. The maximum absolute atomic E-state index is 11.8. The lowest BCUT2D eigenvalue weighted by Gasteiger charge is -2.22. The standard InChI is InChI=1S/C14H19N3O6/c1-9-4-5-10(17(21)22)6-11(9)16-13(19)12(18)15-7-14(2,20)8-23-3/h4-6,20H,7-8H2,1-3H3,(H,15,18)(H,16,19)/t14-/m1/s1. The monoisotopic (exact) mass is 325 g/mol. The highest BCUT2D eigenvalue weighted by Crippen LogP contribution is 2.21. The van der Waals surface area contributed by atoms with E-state index in [2.05, 4.69) is 10.6 Å². The second kappa shape index (κ2) is 7.65. The summed E-state index contributed by atoms with van der Waals surface area (Å²) in [6.45, 7) is 2.89. The fraction of sp³-hybridized carbons (Fsp3) is 0.429. The van der Waals surface area contributed by atoms with E-state index in [1.807, 2.05) is 0 Å². The van der Waals surface area contributed by atoms with Gasteiger partial charge in [0.05, 0.1) is 17.2 Å². The second-order valence-corrected chi connectivity index (χ2v) is 5.32. The number of nitrogens with one attached hydrogen (secondary N) is 2. The first-order valence-electron chi connectivity index (χ1n) is 6.72. The molecule has 9 nitrogen and oxygen atoms in total. The van der Waals surface area contributed by atoms with Gasteiger partial charge in [0, 0.05) is 25.8 Å². The van der Waals surface area contributed by atoms with Gasteiger partial charge in [-0.15, -0.1) is 0 Å². The van der Waals surface area contributed by atoms with Crippen molar-refractivity contribution in [3.8, 4) is 0 Å². The van der Waals surface area contributed by atoms with E-state index in [4.69, 9.17) is 4.74 Å². The topological polar surface area (TPSA) is 131 Å². The molecule has 126 valence electrons. The zero-order valence-corrected chi connectivity index (χ0v) is 13.1. The molecule has 1 rings (SSSR count). The lowest BCUT2D eigenvalue weighted by Crippen LogP contribution is -2.46. The number of benzene rings is 1. The number of ether oxygens (including phenoxy) is 1. The van der Waals surface area contributed by atoms with Crippen LogP contribution in [0.3, 0.4) is 0 Å². The molecule has 0 spiro atoms. The lowest BCUT2D eigenvalue weighted by molar-refractivity contribution is -0.384. The number of aryl methyl sites for hydroxylation is 1. The minimum absolute atomic E-state index is 0.0150. The molecule has 1 atom stereocenters. The van der Waals surface area contributed by atoms with E-state index in [9.17, 15) is 24.8 Å². The van der Waals surface area contributed by atoms with Crippen molar-refractivity contribution < 1.29 is 24.4 Å². The summed E-state index contributed by atoms with van der Waals surface area (Å²) in [5.41, 5.74) is -0.771. The van der Waals surface area contributed by atoms with Crippen molar-refractivity contribution in [2.75, 3.05) is 25.6 Å². The van der Waals surface area contributed by atoms with Gasteiger partial charge in [-0.3, -0.25) is 19.7 Å². The van der Waals surface area contributed by atoms with Gasteiger partial charge in [-0.25, -0.2) is 0 Å². The van der Waals surface area contributed by atoms with Gasteiger partial charge in [0.2, 0.25) is 0 Å². The number of nitro benzene ring substituents is 1. The van der Waals surface area contributed by atoms with E-state index >= 15 is 0 Å². The van der Waals surface area contributed by atoms with Crippen molar-refractivity contribution >= 4 is 23.2 Å². The van der Waals surface area contributed by atoms with Crippen molar-refractivity contribution in [3.63, 3.8) is 0 Å². The third-order valence-electron chi connectivity index (χ3n) is 2.97. The van der Waals surface area contributed by atoms with Crippen LogP contribution in [0.15, 0.2) is 18.2 Å². The molecule has 0 fully saturated rings. The van der Waals surface area contributed by atoms with Crippen LogP contribution < -0.4 is 10.6 Å². The second-order valence-electron chi connectivity index (χ2n) is 5.32.